The van der Waals surface area contributed by atoms with Gasteiger partial charge in [-0.1, -0.05) is 41.4 Å². The van der Waals surface area contributed by atoms with Gasteiger partial charge in [-0.2, -0.15) is 10.4 Å². The fraction of sp³-hybridized carbons (Fsp3) is 0.0526. The van der Waals surface area contributed by atoms with Crippen molar-refractivity contribution in [2.75, 3.05) is 0 Å². The van der Waals surface area contributed by atoms with Gasteiger partial charge in [0.15, 0.2) is 0 Å². The lowest BCUT2D eigenvalue weighted by Gasteiger charge is -2.04. The molecular formula is C19H13Cl2N3O2S. The van der Waals surface area contributed by atoms with Crippen LogP contribution >= 0.6 is 23.2 Å². The Bertz CT molecular complexity index is 1160. The van der Waals surface area contributed by atoms with E-state index < -0.39 is 14.7 Å². The number of para-hydroxylation sites is 1. The summed E-state index contributed by atoms with van der Waals surface area (Å²) < 4.78 is 27.0. The fourth-order valence-electron chi connectivity index (χ4n) is 2.46. The van der Waals surface area contributed by atoms with E-state index in [1.54, 1.807) is 13.0 Å². The molecule has 0 atom stereocenters. The number of hydrogen-bond donors (Lipinski definition) is 0. The molecule has 0 aliphatic rings. The average Bonchev–Trinajstić information content (AvgIpc) is 2.94. The molecule has 0 spiro atoms. The van der Waals surface area contributed by atoms with Gasteiger partial charge in [0.25, 0.3) is 0 Å². The van der Waals surface area contributed by atoms with Crippen molar-refractivity contribution < 1.29 is 8.42 Å². The molecule has 0 aliphatic carbocycles. The van der Waals surface area contributed by atoms with Crippen molar-refractivity contribution in [3.63, 3.8) is 0 Å². The zero-order chi connectivity index (χ0) is 19.6. The van der Waals surface area contributed by atoms with E-state index in [0.717, 1.165) is 5.69 Å². The van der Waals surface area contributed by atoms with Crippen molar-refractivity contribution in [3.8, 4) is 11.8 Å². The quantitative estimate of drug-likeness (QED) is 0.569. The number of aromatic nitrogens is 2. The molecule has 5 nitrogen and oxygen atoms in total. The van der Waals surface area contributed by atoms with Crippen molar-refractivity contribution in [3.05, 3.63) is 80.9 Å². The highest BCUT2D eigenvalue weighted by atomic mass is 35.5. The van der Waals surface area contributed by atoms with Crippen LogP contribution in [0.25, 0.3) is 11.8 Å². The van der Waals surface area contributed by atoms with Gasteiger partial charge in [-0.3, -0.25) is 0 Å². The monoisotopic (exact) mass is 417 g/mol. The zero-order valence-corrected chi connectivity index (χ0v) is 16.4. The Morgan fingerprint density at radius 2 is 1.74 bits per heavy atom. The molecule has 0 amide bonds. The maximum absolute atomic E-state index is 12.8. The van der Waals surface area contributed by atoms with Gasteiger partial charge >= 0.3 is 0 Å². The van der Waals surface area contributed by atoms with Gasteiger partial charge in [0.1, 0.15) is 16.1 Å². The van der Waals surface area contributed by atoms with Crippen LogP contribution < -0.4 is 0 Å². The van der Waals surface area contributed by atoms with Crippen LogP contribution in [0.4, 0.5) is 0 Å². The first-order chi connectivity index (χ1) is 12.8. The normalized spacial score (nSPS) is 12.0. The highest BCUT2D eigenvalue weighted by Gasteiger charge is 2.23. The largest absolute Gasteiger partial charge is 0.221 e. The van der Waals surface area contributed by atoms with Crippen LogP contribution in [0, 0.1) is 18.3 Å². The van der Waals surface area contributed by atoms with Gasteiger partial charge in [0.05, 0.1) is 16.3 Å². The van der Waals surface area contributed by atoms with E-state index in [9.17, 15) is 13.7 Å². The molecular weight excluding hydrogens is 405 g/mol. The maximum Gasteiger partial charge on any atom is 0.216 e. The molecule has 8 heteroatoms. The number of aryl methyl sites for hydroxylation is 1. The molecule has 0 fully saturated rings. The number of benzene rings is 2. The molecule has 136 valence electrons. The molecule has 3 rings (SSSR count). The Kier molecular flexibility index (Phi) is 5.38. The van der Waals surface area contributed by atoms with Crippen LogP contribution in [0.1, 0.15) is 11.3 Å². The fourth-order valence-corrected chi connectivity index (χ4v) is 4.05. The van der Waals surface area contributed by atoms with Crippen molar-refractivity contribution in [1.82, 2.24) is 9.78 Å². The van der Waals surface area contributed by atoms with E-state index in [-0.39, 0.29) is 10.0 Å². The number of allylic oxidation sites excluding steroid dienone is 1. The maximum atomic E-state index is 12.8. The molecule has 3 aromatic rings. The van der Waals surface area contributed by atoms with E-state index in [4.69, 9.17) is 23.2 Å². The Balaban J connectivity index is 2.11. The molecule has 0 unspecified atom stereocenters. The molecule has 0 bridgehead atoms. The first kappa shape index (κ1) is 19.2. The lowest BCUT2D eigenvalue weighted by molar-refractivity contribution is 0.603. The highest BCUT2D eigenvalue weighted by Crippen LogP contribution is 2.28. The van der Waals surface area contributed by atoms with E-state index in [1.165, 1.54) is 35.0 Å². The van der Waals surface area contributed by atoms with Crippen molar-refractivity contribution in [2.45, 2.75) is 11.8 Å². The third-order valence-electron chi connectivity index (χ3n) is 3.85. The van der Waals surface area contributed by atoms with E-state index in [1.807, 2.05) is 30.3 Å². The van der Waals surface area contributed by atoms with Crippen LogP contribution in [0.15, 0.2) is 64.4 Å². The molecule has 0 saturated carbocycles. The second kappa shape index (κ2) is 7.57. The predicted octanol–water partition coefficient (Wildman–Crippen LogP) is 4.83. The number of nitrogens with zero attached hydrogens (tertiary/aromatic N) is 3. The second-order valence-electron chi connectivity index (χ2n) is 5.61. The summed E-state index contributed by atoms with van der Waals surface area (Å²) in [5, 5.41) is 14.4. The third kappa shape index (κ3) is 3.76. The van der Waals surface area contributed by atoms with Gasteiger partial charge in [0.2, 0.25) is 9.84 Å². The number of halogens is 2. The van der Waals surface area contributed by atoms with Crippen LogP contribution in [0.5, 0.6) is 0 Å². The second-order valence-corrected chi connectivity index (χ2v) is 8.33. The summed E-state index contributed by atoms with van der Waals surface area (Å²) in [5.41, 5.74) is 1.60. The minimum absolute atomic E-state index is 0.0241. The minimum atomic E-state index is -4.01. The number of rotatable bonds is 4. The smallest absolute Gasteiger partial charge is 0.216 e. The molecule has 0 aliphatic heterocycles. The molecule has 1 aromatic heterocycles. The summed E-state index contributed by atoms with van der Waals surface area (Å²) in [7, 11) is -4.01. The van der Waals surface area contributed by atoms with E-state index in [2.05, 4.69) is 5.10 Å². The zero-order valence-electron chi connectivity index (χ0n) is 14.1. The summed E-state index contributed by atoms with van der Waals surface area (Å²) in [5.74, 6) is 0. The molecule has 0 radical (unpaired) electrons. The lowest BCUT2D eigenvalue weighted by Crippen LogP contribution is -2.03. The lowest BCUT2D eigenvalue weighted by atomic mass is 10.2. The molecule has 0 N–H and O–H groups in total. The Morgan fingerprint density at radius 1 is 1.11 bits per heavy atom. The third-order valence-corrected chi connectivity index (χ3v) is 6.14. The molecule has 2 aromatic carbocycles. The summed E-state index contributed by atoms with van der Waals surface area (Å²) in [6.07, 6.45) is 1.24. The van der Waals surface area contributed by atoms with Crippen molar-refractivity contribution >= 4 is 39.1 Å². The summed E-state index contributed by atoms with van der Waals surface area (Å²) in [6, 6.07) is 16.5. The number of sulfone groups is 1. The Hall–Kier alpha value is -2.59. The molecule has 1 heterocycles. The summed E-state index contributed by atoms with van der Waals surface area (Å²) in [4.78, 5) is -0.452. The van der Waals surface area contributed by atoms with E-state index in [0.29, 0.717) is 16.3 Å². The van der Waals surface area contributed by atoms with Crippen LogP contribution in [-0.4, -0.2) is 18.2 Å². The van der Waals surface area contributed by atoms with Crippen molar-refractivity contribution in [1.29, 1.82) is 5.26 Å². The summed E-state index contributed by atoms with van der Waals surface area (Å²) >= 11 is 12.2. The van der Waals surface area contributed by atoms with Crippen LogP contribution in [0.3, 0.4) is 0 Å². The first-order valence-corrected chi connectivity index (χ1v) is 10.0. The van der Waals surface area contributed by atoms with Crippen LogP contribution in [0.2, 0.25) is 10.2 Å². The van der Waals surface area contributed by atoms with Crippen LogP contribution in [-0.2, 0) is 9.84 Å². The van der Waals surface area contributed by atoms with E-state index >= 15 is 0 Å². The first-order valence-electron chi connectivity index (χ1n) is 7.77. The van der Waals surface area contributed by atoms with Gasteiger partial charge in [-0.05, 0) is 49.4 Å². The highest BCUT2D eigenvalue weighted by molar-refractivity contribution is 7.95. The minimum Gasteiger partial charge on any atom is -0.221 e. The topological polar surface area (TPSA) is 75.8 Å². The Morgan fingerprint density at radius 3 is 2.33 bits per heavy atom. The molecule has 27 heavy (non-hydrogen) atoms. The number of nitriles is 1. The predicted molar refractivity (Wildman–Crippen MR) is 106 cm³/mol. The summed E-state index contributed by atoms with van der Waals surface area (Å²) in [6.45, 7) is 1.70. The van der Waals surface area contributed by atoms with Gasteiger partial charge in [-0.15, -0.1) is 0 Å². The van der Waals surface area contributed by atoms with Crippen molar-refractivity contribution in [2.24, 2.45) is 0 Å². The Labute approximate surface area is 167 Å². The van der Waals surface area contributed by atoms with Gasteiger partial charge in [0, 0.05) is 10.6 Å². The van der Waals surface area contributed by atoms with Gasteiger partial charge in [-0.25, -0.2) is 13.1 Å². The SMILES string of the molecule is Cc1nn(-c2ccccc2)c(Cl)c1C=C(C#N)S(=O)(=O)c1ccc(Cl)cc1. The average molecular weight is 418 g/mol. The van der Waals surface area contributed by atoms with Gasteiger partial charge < -0.3 is 0 Å². The molecule has 0 saturated heterocycles. The standard InChI is InChI=1S/C19H13Cl2N3O2S/c1-13-18(19(21)24(23-13)15-5-3-2-4-6-15)11-17(12-22)27(25,26)16-9-7-14(20)8-10-16/h2-11H,1H3. The number of hydrogen-bond acceptors (Lipinski definition) is 4.